The Labute approximate surface area is 102 Å². The van der Waals surface area contributed by atoms with Gasteiger partial charge in [0.2, 0.25) is 0 Å². The van der Waals surface area contributed by atoms with Crippen molar-refractivity contribution in [2.24, 2.45) is 0 Å². The molecule has 1 fully saturated rings. The number of nitrogens with zero attached hydrogens (tertiary/aromatic N) is 2. The molecule has 0 spiro atoms. The summed E-state index contributed by atoms with van der Waals surface area (Å²) in [6, 6.07) is 1.47. The molecule has 2 heterocycles. The van der Waals surface area contributed by atoms with Gasteiger partial charge in [0, 0.05) is 25.8 Å². The molecule has 0 aliphatic carbocycles. The van der Waals surface area contributed by atoms with Gasteiger partial charge in [0.25, 0.3) is 0 Å². The van der Waals surface area contributed by atoms with Gasteiger partial charge >= 0.3 is 0 Å². The molecular weight excluding hydrogens is 278 g/mol. The van der Waals surface area contributed by atoms with E-state index in [4.69, 9.17) is 0 Å². The van der Waals surface area contributed by atoms with E-state index in [9.17, 15) is 8.78 Å². The Kier molecular flexibility index (Phi) is 3.86. The normalized spacial score (nSPS) is 18.9. The predicted octanol–water partition coefficient (Wildman–Crippen LogP) is 2.92. The van der Waals surface area contributed by atoms with E-state index in [0.717, 1.165) is 18.7 Å². The lowest BCUT2D eigenvalue weighted by Crippen LogP contribution is -2.33. The van der Waals surface area contributed by atoms with Crippen molar-refractivity contribution in [2.75, 3.05) is 13.1 Å². The van der Waals surface area contributed by atoms with E-state index >= 15 is 0 Å². The maximum absolute atomic E-state index is 13.2. The third-order valence-corrected chi connectivity index (χ3v) is 3.36. The highest BCUT2D eigenvalue weighted by Crippen LogP contribution is 2.18. The highest BCUT2D eigenvalue weighted by molar-refractivity contribution is 9.10. The summed E-state index contributed by atoms with van der Waals surface area (Å²) >= 11 is 3.01. The van der Waals surface area contributed by atoms with E-state index in [1.165, 1.54) is 6.07 Å². The highest BCUT2D eigenvalue weighted by Gasteiger charge is 2.18. The van der Waals surface area contributed by atoms with E-state index in [2.05, 4.69) is 25.8 Å². The number of rotatable bonds is 2. The molecule has 0 bridgehead atoms. The van der Waals surface area contributed by atoms with Gasteiger partial charge in [-0.05, 0) is 40.4 Å². The van der Waals surface area contributed by atoms with E-state index < -0.39 is 6.17 Å². The average molecular weight is 291 g/mol. The molecule has 16 heavy (non-hydrogen) atoms. The minimum Gasteiger partial charge on any atom is -0.299 e. The molecule has 1 saturated heterocycles. The first-order chi connectivity index (χ1) is 7.65. The molecular formula is C11H13BrF2N2. The zero-order valence-electron chi connectivity index (χ0n) is 8.80. The second kappa shape index (κ2) is 5.19. The van der Waals surface area contributed by atoms with Crippen molar-refractivity contribution in [2.45, 2.75) is 25.6 Å². The Morgan fingerprint density at radius 3 is 2.75 bits per heavy atom. The van der Waals surface area contributed by atoms with Crippen molar-refractivity contribution in [3.8, 4) is 0 Å². The summed E-state index contributed by atoms with van der Waals surface area (Å²) in [5, 5.41) is 0. The Morgan fingerprint density at radius 2 is 2.12 bits per heavy atom. The van der Waals surface area contributed by atoms with Crippen LogP contribution in [-0.4, -0.2) is 29.1 Å². The molecule has 1 aliphatic heterocycles. The fraction of sp³-hybridized carbons (Fsp3) is 0.545. The zero-order valence-corrected chi connectivity index (χ0v) is 10.4. The van der Waals surface area contributed by atoms with E-state index in [-0.39, 0.29) is 10.4 Å². The van der Waals surface area contributed by atoms with Crippen molar-refractivity contribution in [1.82, 2.24) is 9.88 Å². The minimum atomic E-state index is -0.670. The smallest absolute Gasteiger partial charge is 0.156 e. The summed E-state index contributed by atoms with van der Waals surface area (Å²) in [6.45, 7) is 2.11. The average Bonchev–Trinajstić information content (AvgIpc) is 2.27. The van der Waals surface area contributed by atoms with Gasteiger partial charge in [-0.1, -0.05) is 0 Å². The maximum atomic E-state index is 13.2. The monoisotopic (exact) mass is 290 g/mol. The number of pyridine rings is 1. The van der Waals surface area contributed by atoms with Crippen LogP contribution < -0.4 is 0 Å². The number of hydrogen-bond donors (Lipinski definition) is 0. The molecule has 2 nitrogen and oxygen atoms in total. The Balaban J connectivity index is 1.96. The molecule has 0 aromatic carbocycles. The standard InChI is InChI=1S/C11H13BrF2N2/c12-11-10(14)5-8(6-15-11)7-16-3-1-9(13)2-4-16/h5-6,9H,1-4,7H2. The van der Waals surface area contributed by atoms with Gasteiger partial charge in [0.05, 0.1) is 0 Å². The summed E-state index contributed by atoms with van der Waals surface area (Å²) in [7, 11) is 0. The first-order valence-electron chi connectivity index (χ1n) is 5.31. The topological polar surface area (TPSA) is 16.1 Å². The molecule has 0 N–H and O–H groups in total. The van der Waals surface area contributed by atoms with E-state index in [0.29, 0.717) is 19.4 Å². The fourth-order valence-electron chi connectivity index (χ4n) is 1.87. The minimum absolute atomic E-state index is 0.235. The first kappa shape index (κ1) is 11.9. The molecule has 1 aliphatic rings. The third kappa shape index (κ3) is 2.98. The number of alkyl halides is 1. The summed E-state index contributed by atoms with van der Waals surface area (Å²) < 4.78 is 26.4. The molecule has 1 aromatic heterocycles. The van der Waals surface area contributed by atoms with Crippen LogP contribution in [0, 0.1) is 5.82 Å². The Bertz CT molecular complexity index is 365. The maximum Gasteiger partial charge on any atom is 0.156 e. The Hall–Kier alpha value is -0.550. The molecule has 88 valence electrons. The molecule has 5 heteroatoms. The molecule has 0 atom stereocenters. The van der Waals surface area contributed by atoms with Gasteiger partial charge in [0.15, 0.2) is 5.82 Å². The molecule has 0 saturated carbocycles. The lowest BCUT2D eigenvalue weighted by molar-refractivity contribution is 0.145. The highest BCUT2D eigenvalue weighted by atomic mass is 79.9. The molecule has 2 rings (SSSR count). The SMILES string of the molecule is Fc1cc(CN2CCC(F)CC2)cnc1Br. The number of likely N-dealkylation sites (tertiary alicyclic amines) is 1. The predicted molar refractivity (Wildman–Crippen MR) is 61.3 cm³/mol. The van der Waals surface area contributed by atoms with Crippen molar-refractivity contribution in [3.05, 3.63) is 28.2 Å². The zero-order chi connectivity index (χ0) is 11.5. The van der Waals surface area contributed by atoms with Crippen LogP contribution in [0.2, 0.25) is 0 Å². The van der Waals surface area contributed by atoms with Crippen LogP contribution in [0.5, 0.6) is 0 Å². The van der Waals surface area contributed by atoms with Crippen molar-refractivity contribution in [1.29, 1.82) is 0 Å². The second-order valence-corrected chi connectivity index (χ2v) is 4.82. The van der Waals surface area contributed by atoms with Crippen molar-refractivity contribution < 1.29 is 8.78 Å². The lowest BCUT2D eigenvalue weighted by Gasteiger charge is -2.28. The van der Waals surface area contributed by atoms with Gasteiger partial charge in [-0.2, -0.15) is 0 Å². The third-order valence-electron chi connectivity index (χ3n) is 2.78. The van der Waals surface area contributed by atoms with E-state index in [1.807, 2.05) is 0 Å². The number of hydrogen-bond acceptors (Lipinski definition) is 2. The Morgan fingerprint density at radius 1 is 1.44 bits per heavy atom. The molecule has 0 radical (unpaired) electrons. The summed E-state index contributed by atoms with van der Waals surface area (Å²) in [4.78, 5) is 6.03. The largest absolute Gasteiger partial charge is 0.299 e. The molecule has 0 amide bonds. The number of aromatic nitrogens is 1. The van der Waals surface area contributed by atoms with Gasteiger partial charge in [-0.3, -0.25) is 4.90 Å². The van der Waals surface area contributed by atoms with Crippen LogP contribution in [0.4, 0.5) is 8.78 Å². The van der Waals surface area contributed by atoms with Gasteiger partial charge in [-0.25, -0.2) is 13.8 Å². The van der Waals surface area contributed by atoms with Crippen molar-refractivity contribution in [3.63, 3.8) is 0 Å². The van der Waals surface area contributed by atoms with Gasteiger partial charge < -0.3 is 0 Å². The van der Waals surface area contributed by atoms with E-state index in [1.54, 1.807) is 6.20 Å². The van der Waals surface area contributed by atoms with Crippen LogP contribution in [0.3, 0.4) is 0 Å². The van der Waals surface area contributed by atoms with Gasteiger partial charge in [-0.15, -0.1) is 0 Å². The first-order valence-corrected chi connectivity index (χ1v) is 6.11. The van der Waals surface area contributed by atoms with Crippen LogP contribution in [0.1, 0.15) is 18.4 Å². The summed E-state index contributed by atoms with van der Waals surface area (Å²) in [6.07, 6.45) is 2.13. The molecule has 0 unspecified atom stereocenters. The summed E-state index contributed by atoms with van der Waals surface area (Å²) in [5.41, 5.74) is 0.831. The quantitative estimate of drug-likeness (QED) is 0.779. The van der Waals surface area contributed by atoms with Crippen LogP contribution in [0.15, 0.2) is 16.9 Å². The number of piperidine rings is 1. The van der Waals surface area contributed by atoms with Gasteiger partial charge in [0.1, 0.15) is 10.8 Å². The van der Waals surface area contributed by atoms with Crippen molar-refractivity contribution >= 4 is 15.9 Å². The number of halogens is 3. The van der Waals surface area contributed by atoms with Crippen LogP contribution in [-0.2, 0) is 6.54 Å². The summed E-state index contributed by atoms with van der Waals surface area (Å²) in [5.74, 6) is -0.349. The van der Waals surface area contributed by atoms with Crippen LogP contribution in [0.25, 0.3) is 0 Å². The second-order valence-electron chi connectivity index (χ2n) is 4.07. The fourth-order valence-corrected chi connectivity index (χ4v) is 2.08. The lowest BCUT2D eigenvalue weighted by atomic mass is 10.1. The van der Waals surface area contributed by atoms with Crippen LogP contribution >= 0.6 is 15.9 Å². The molecule has 1 aromatic rings.